The van der Waals surface area contributed by atoms with E-state index >= 15 is 0 Å². The van der Waals surface area contributed by atoms with Crippen molar-refractivity contribution in [1.82, 2.24) is 4.90 Å². The molecule has 106 valence electrons. The van der Waals surface area contributed by atoms with Crippen molar-refractivity contribution in [2.45, 2.75) is 20.0 Å². The summed E-state index contributed by atoms with van der Waals surface area (Å²) >= 11 is 6.01. The van der Waals surface area contributed by atoms with Crippen molar-refractivity contribution >= 4 is 11.6 Å². The summed E-state index contributed by atoms with van der Waals surface area (Å²) in [5.74, 6) is 0. The molecule has 0 aliphatic rings. The Morgan fingerprint density at radius 2 is 1.80 bits per heavy atom. The van der Waals surface area contributed by atoms with Gasteiger partial charge in [-0.15, -0.1) is 0 Å². The smallest absolute Gasteiger partial charge is 0.0408 e. The minimum absolute atomic E-state index is 0.666. The van der Waals surface area contributed by atoms with E-state index in [0.717, 1.165) is 24.7 Å². The third-order valence-electron chi connectivity index (χ3n) is 3.39. The molecule has 2 aromatic rings. The summed E-state index contributed by atoms with van der Waals surface area (Å²) in [6, 6.07) is 16.6. The topological polar surface area (TPSA) is 29.3 Å². The van der Waals surface area contributed by atoms with E-state index in [1.54, 1.807) is 0 Å². The number of benzene rings is 2. The number of aryl methyl sites for hydroxylation is 1. The van der Waals surface area contributed by atoms with Gasteiger partial charge in [-0.05, 0) is 35.7 Å². The summed E-state index contributed by atoms with van der Waals surface area (Å²) in [6.45, 7) is 5.47. The summed E-state index contributed by atoms with van der Waals surface area (Å²) in [4.78, 5) is 2.37. The van der Waals surface area contributed by atoms with Crippen molar-refractivity contribution in [3.63, 3.8) is 0 Å². The Bertz CT molecular complexity index is 540. The minimum atomic E-state index is 0.666. The fraction of sp³-hybridized carbons (Fsp3) is 0.294. The highest BCUT2D eigenvalue weighted by molar-refractivity contribution is 6.30. The van der Waals surface area contributed by atoms with Gasteiger partial charge in [0.2, 0.25) is 0 Å². The second kappa shape index (κ2) is 7.44. The zero-order valence-corrected chi connectivity index (χ0v) is 12.6. The standard InChI is InChI=1S/C17H21ClN2/c1-14-11-17(18)8-7-16(14)13-20(10-9-19)12-15-5-3-2-4-6-15/h2-8,11H,9-10,12-13,19H2,1H3. The van der Waals surface area contributed by atoms with E-state index in [2.05, 4.69) is 42.2 Å². The first-order chi connectivity index (χ1) is 9.69. The first kappa shape index (κ1) is 15.0. The summed E-state index contributed by atoms with van der Waals surface area (Å²) in [5.41, 5.74) is 9.58. The molecular formula is C17H21ClN2. The molecule has 0 unspecified atom stereocenters. The average molecular weight is 289 g/mol. The molecule has 0 atom stereocenters. The normalized spacial score (nSPS) is 11.0. The summed E-state index contributed by atoms with van der Waals surface area (Å²) in [5, 5.41) is 0.791. The fourth-order valence-electron chi connectivity index (χ4n) is 2.32. The Hall–Kier alpha value is -1.35. The molecule has 2 aromatic carbocycles. The summed E-state index contributed by atoms with van der Waals surface area (Å²) in [6.07, 6.45) is 0. The third kappa shape index (κ3) is 4.34. The first-order valence-corrected chi connectivity index (χ1v) is 7.28. The Kier molecular flexibility index (Phi) is 5.60. The highest BCUT2D eigenvalue weighted by Gasteiger charge is 2.08. The number of nitrogens with two attached hydrogens (primary N) is 1. The van der Waals surface area contributed by atoms with E-state index in [1.165, 1.54) is 16.7 Å². The van der Waals surface area contributed by atoms with Crippen LogP contribution in [0.3, 0.4) is 0 Å². The van der Waals surface area contributed by atoms with Crippen LogP contribution in [0.5, 0.6) is 0 Å². The van der Waals surface area contributed by atoms with Gasteiger partial charge in [0, 0.05) is 31.2 Å². The van der Waals surface area contributed by atoms with Gasteiger partial charge < -0.3 is 5.73 Å². The highest BCUT2D eigenvalue weighted by Crippen LogP contribution is 2.17. The van der Waals surface area contributed by atoms with Crippen molar-refractivity contribution in [3.8, 4) is 0 Å². The van der Waals surface area contributed by atoms with E-state index in [4.69, 9.17) is 17.3 Å². The lowest BCUT2D eigenvalue weighted by Gasteiger charge is -2.23. The maximum absolute atomic E-state index is 6.01. The van der Waals surface area contributed by atoms with Crippen molar-refractivity contribution < 1.29 is 0 Å². The van der Waals surface area contributed by atoms with Crippen LogP contribution in [0, 0.1) is 6.92 Å². The van der Waals surface area contributed by atoms with E-state index in [-0.39, 0.29) is 0 Å². The van der Waals surface area contributed by atoms with Crippen LogP contribution < -0.4 is 5.73 Å². The predicted octanol–water partition coefficient (Wildman–Crippen LogP) is 3.61. The van der Waals surface area contributed by atoms with Crippen LogP contribution in [-0.4, -0.2) is 18.0 Å². The largest absolute Gasteiger partial charge is 0.329 e. The molecule has 0 fully saturated rings. The molecule has 0 aliphatic carbocycles. The molecule has 2 rings (SSSR count). The van der Waals surface area contributed by atoms with Crippen molar-refractivity contribution in [1.29, 1.82) is 0 Å². The van der Waals surface area contributed by atoms with Crippen LogP contribution >= 0.6 is 11.6 Å². The molecule has 0 spiro atoms. The van der Waals surface area contributed by atoms with Crippen molar-refractivity contribution in [3.05, 3.63) is 70.2 Å². The van der Waals surface area contributed by atoms with E-state index in [0.29, 0.717) is 6.54 Å². The number of hydrogen-bond acceptors (Lipinski definition) is 2. The first-order valence-electron chi connectivity index (χ1n) is 6.90. The number of hydrogen-bond donors (Lipinski definition) is 1. The Labute approximate surface area is 126 Å². The second-order valence-electron chi connectivity index (χ2n) is 5.06. The zero-order valence-electron chi connectivity index (χ0n) is 11.8. The molecule has 2 nitrogen and oxygen atoms in total. The molecule has 0 bridgehead atoms. The van der Waals surface area contributed by atoms with Crippen LogP contribution in [-0.2, 0) is 13.1 Å². The molecule has 0 saturated heterocycles. The van der Waals surface area contributed by atoms with Crippen LogP contribution in [0.1, 0.15) is 16.7 Å². The minimum Gasteiger partial charge on any atom is -0.329 e. The molecular weight excluding hydrogens is 268 g/mol. The molecule has 0 radical (unpaired) electrons. The fourth-order valence-corrected chi connectivity index (χ4v) is 2.54. The van der Waals surface area contributed by atoms with Gasteiger partial charge in [-0.3, -0.25) is 4.90 Å². The molecule has 3 heteroatoms. The van der Waals surface area contributed by atoms with Crippen LogP contribution in [0.15, 0.2) is 48.5 Å². The Morgan fingerprint density at radius 3 is 2.45 bits per heavy atom. The number of nitrogens with zero attached hydrogens (tertiary/aromatic N) is 1. The van der Waals surface area contributed by atoms with Crippen molar-refractivity contribution in [2.75, 3.05) is 13.1 Å². The Balaban J connectivity index is 2.09. The highest BCUT2D eigenvalue weighted by atomic mass is 35.5. The van der Waals surface area contributed by atoms with Gasteiger partial charge in [0.05, 0.1) is 0 Å². The van der Waals surface area contributed by atoms with Gasteiger partial charge in [-0.2, -0.15) is 0 Å². The van der Waals surface area contributed by atoms with Crippen molar-refractivity contribution in [2.24, 2.45) is 5.73 Å². The van der Waals surface area contributed by atoms with E-state index in [9.17, 15) is 0 Å². The van der Waals surface area contributed by atoms with Gasteiger partial charge in [0.15, 0.2) is 0 Å². The van der Waals surface area contributed by atoms with E-state index < -0.39 is 0 Å². The quantitative estimate of drug-likeness (QED) is 0.880. The summed E-state index contributed by atoms with van der Waals surface area (Å²) < 4.78 is 0. The van der Waals surface area contributed by atoms with Crippen LogP contribution in [0.4, 0.5) is 0 Å². The molecule has 2 N–H and O–H groups in total. The SMILES string of the molecule is Cc1cc(Cl)ccc1CN(CCN)Cc1ccccc1. The lowest BCUT2D eigenvalue weighted by Crippen LogP contribution is -2.29. The average Bonchev–Trinajstić information content (AvgIpc) is 2.43. The molecule has 0 aliphatic heterocycles. The van der Waals surface area contributed by atoms with E-state index in [1.807, 2.05) is 18.2 Å². The van der Waals surface area contributed by atoms with Gasteiger partial charge >= 0.3 is 0 Å². The maximum atomic E-state index is 6.01. The van der Waals surface area contributed by atoms with Gasteiger partial charge in [0.25, 0.3) is 0 Å². The zero-order chi connectivity index (χ0) is 14.4. The van der Waals surface area contributed by atoms with Gasteiger partial charge in [-0.25, -0.2) is 0 Å². The van der Waals surface area contributed by atoms with Crippen LogP contribution in [0.2, 0.25) is 5.02 Å². The summed E-state index contributed by atoms with van der Waals surface area (Å²) in [7, 11) is 0. The lowest BCUT2D eigenvalue weighted by atomic mass is 10.1. The molecule has 0 heterocycles. The maximum Gasteiger partial charge on any atom is 0.0408 e. The number of halogens is 1. The van der Waals surface area contributed by atoms with Gasteiger partial charge in [0.1, 0.15) is 0 Å². The van der Waals surface area contributed by atoms with Gasteiger partial charge in [-0.1, -0.05) is 48.0 Å². The molecule has 0 amide bonds. The third-order valence-corrected chi connectivity index (χ3v) is 3.63. The monoisotopic (exact) mass is 288 g/mol. The predicted molar refractivity (Wildman–Crippen MR) is 85.8 cm³/mol. The molecule has 0 aromatic heterocycles. The Morgan fingerprint density at radius 1 is 1.05 bits per heavy atom. The molecule has 0 saturated carbocycles. The lowest BCUT2D eigenvalue weighted by molar-refractivity contribution is 0.264. The molecule has 20 heavy (non-hydrogen) atoms. The number of rotatable bonds is 6. The van der Waals surface area contributed by atoms with Crippen LogP contribution in [0.25, 0.3) is 0 Å². The second-order valence-corrected chi connectivity index (χ2v) is 5.49.